The van der Waals surface area contributed by atoms with E-state index in [1.54, 1.807) is 23.5 Å². The number of piperidine rings is 1. The van der Waals surface area contributed by atoms with Crippen LogP contribution in [0.1, 0.15) is 41.8 Å². The lowest BCUT2D eigenvalue weighted by Gasteiger charge is -2.46. The predicted molar refractivity (Wildman–Crippen MR) is 103 cm³/mol. The van der Waals surface area contributed by atoms with Crippen molar-refractivity contribution in [3.8, 4) is 0 Å². The Bertz CT molecular complexity index is 722. The van der Waals surface area contributed by atoms with Gasteiger partial charge in [0.2, 0.25) is 0 Å². The van der Waals surface area contributed by atoms with Gasteiger partial charge in [-0.15, -0.1) is 11.3 Å². The summed E-state index contributed by atoms with van der Waals surface area (Å²) < 4.78 is 19.4. The first-order chi connectivity index (χ1) is 12.6. The van der Waals surface area contributed by atoms with Crippen molar-refractivity contribution < 1.29 is 9.13 Å². The molecule has 0 amide bonds. The van der Waals surface area contributed by atoms with Gasteiger partial charge in [0.1, 0.15) is 5.82 Å². The minimum atomic E-state index is -0.152. The zero-order valence-corrected chi connectivity index (χ0v) is 16.2. The number of aromatic nitrogens is 1. The maximum absolute atomic E-state index is 13.1. The summed E-state index contributed by atoms with van der Waals surface area (Å²) in [6, 6.07) is 7.00. The molecule has 1 unspecified atom stereocenters. The van der Waals surface area contributed by atoms with Crippen molar-refractivity contribution in [1.29, 1.82) is 0 Å². The van der Waals surface area contributed by atoms with Crippen molar-refractivity contribution in [2.75, 3.05) is 19.7 Å². The molecule has 0 bridgehead atoms. The number of halogens is 1. The van der Waals surface area contributed by atoms with E-state index in [4.69, 9.17) is 4.74 Å². The molecule has 26 heavy (non-hydrogen) atoms. The van der Waals surface area contributed by atoms with Gasteiger partial charge >= 0.3 is 0 Å². The standard InChI is InChI=1S/C21H27FN2OS/c1-16-20(26-15-23-16)14-24-9-7-21(8-10-24)13-18(6-11-25-21)12-17-2-4-19(22)5-3-17/h2-5,15,18H,6-14H2,1H3. The second kappa shape index (κ2) is 7.75. The molecule has 2 aliphatic heterocycles. The lowest BCUT2D eigenvalue weighted by molar-refractivity contribution is -0.127. The number of benzene rings is 1. The molecule has 2 fully saturated rings. The molecule has 1 atom stereocenters. The average molecular weight is 375 g/mol. The smallest absolute Gasteiger partial charge is 0.123 e. The maximum atomic E-state index is 13.1. The van der Waals surface area contributed by atoms with Crippen molar-refractivity contribution in [1.82, 2.24) is 9.88 Å². The molecule has 0 aliphatic carbocycles. The minimum Gasteiger partial charge on any atom is -0.375 e. The summed E-state index contributed by atoms with van der Waals surface area (Å²) in [5, 5.41) is 0. The topological polar surface area (TPSA) is 25.4 Å². The van der Waals surface area contributed by atoms with Crippen LogP contribution in [0.5, 0.6) is 0 Å². The van der Waals surface area contributed by atoms with E-state index in [0.717, 1.165) is 58.3 Å². The molecule has 2 aromatic rings. The molecule has 3 heterocycles. The summed E-state index contributed by atoms with van der Waals surface area (Å²) in [6.45, 7) is 6.17. The van der Waals surface area contributed by atoms with Gasteiger partial charge in [-0.05, 0) is 62.6 Å². The van der Waals surface area contributed by atoms with Crippen molar-refractivity contribution in [2.24, 2.45) is 5.92 Å². The van der Waals surface area contributed by atoms with Gasteiger partial charge in [-0.3, -0.25) is 4.90 Å². The highest BCUT2D eigenvalue weighted by atomic mass is 32.1. The van der Waals surface area contributed by atoms with E-state index in [-0.39, 0.29) is 11.4 Å². The van der Waals surface area contributed by atoms with Crippen LogP contribution in [0.15, 0.2) is 29.8 Å². The van der Waals surface area contributed by atoms with Crippen molar-refractivity contribution in [3.63, 3.8) is 0 Å². The van der Waals surface area contributed by atoms with E-state index >= 15 is 0 Å². The molecule has 2 saturated heterocycles. The molecule has 2 aliphatic rings. The summed E-state index contributed by atoms with van der Waals surface area (Å²) in [7, 11) is 0. The Balaban J connectivity index is 1.32. The predicted octanol–water partition coefficient (Wildman–Crippen LogP) is 4.59. The van der Waals surface area contributed by atoms with Gasteiger partial charge in [0.25, 0.3) is 0 Å². The van der Waals surface area contributed by atoms with E-state index < -0.39 is 0 Å². The van der Waals surface area contributed by atoms with Crippen LogP contribution in [0.3, 0.4) is 0 Å². The van der Waals surface area contributed by atoms with Gasteiger partial charge in [-0.25, -0.2) is 9.37 Å². The van der Waals surface area contributed by atoms with Gasteiger partial charge in [0, 0.05) is 31.1 Å². The van der Waals surface area contributed by atoms with Crippen molar-refractivity contribution in [2.45, 2.75) is 51.2 Å². The summed E-state index contributed by atoms with van der Waals surface area (Å²) in [5.74, 6) is 0.491. The fraction of sp³-hybridized carbons (Fsp3) is 0.571. The van der Waals surface area contributed by atoms with Crippen molar-refractivity contribution >= 4 is 11.3 Å². The molecule has 0 radical (unpaired) electrons. The molecule has 4 rings (SSSR count). The zero-order valence-electron chi connectivity index (χ0n) is 15.4. The van der Waals surface area contributed by atoms with Crippen LogP contribution in [-0.4, -0.2) is 35.2 Å². The Morgan fingerprint density at radius 1 is 1.27 bits per heavy atom. The van der Waals surface area contributed by atoms with Crippen LogP contribution in [0, 0.1) is 18.7 Å². The van der Waals surface area contributed by atoms with Crippen LogP contribution in [-0.2, 0) is 17.7 Å². The van der Waals surface area contributed by atoms with Gasteiger partial charge < -0.3 is 4.74 Å². The summed E-state index contributed by atoms with van der Waals surface area (Å²) in [4.78, 5) is 8.29. The second-order valence-electron chi connectivity index (χ2n) is 7.86. The zero-order chi connectivity index (χ0) is 18.0. The quantitative estimate of drug-likeness (QED) is 0.782. The Labute approximate surface area is 159 Å². The first kappa shape index (κ1) is 18.1. The Hall–Kier alpha value is -1.30. The van der Waals surface area contributed by atoms with Crippen LogP contribution in [0.25, 0.3) is 0 Å². The second-order valence-corrected chi connectivity index (χ2v) is 8.80. The lowest BCUT2D eigenvalue weighted by Crippen LogP contribution is -2.49. The molecular formula is C21H27FN2OS. The SMILES string of the molecule is Cc1ncsc1CN1CCC2(CC1)CC(Cc1ccc(F)cc1)CCO2. The van der Waals surface area contributed by atoms with E-state index in [0.29, 0.717) is 5.92 Å². The Morgan fingerprint density at radius 2 is 2.04 bits per heavy atom. The molecular weight excluding hydrogens is 347 g/mol. The molecule has 140 valence electrons. The Kier molecular flexibility index (Phi) is 5.39. The van der Waals surface area contributed by atoms with E-state index in [1.165, 1.54) is 16.1 Å². The van der Waals surface area contributed by atoms with Gasteiger partial charge in [0.05, 0.1) is 16.8 Å². The Morgan fingerprint density at radius 3 is 2.73 bits per heavy atom. The monoisotopic (exact) mass is 374 g/mol. The van der Waals surface area contributed by atoms with Gasteiger partial charge in [-0.1, -0.05) is 12.1 Å². The minimum absolute atomic E-state index is 0.0577. The van der Waals surface area contributed by atoms with E-state index in [9.17, 15) is 4.39 Å². The highest BCUT2D eigenvalue weighted by Gasteiger charge is 2.40. The molecule has 1 spiro atoms. The van der Waals surface area contributed by atoms with E-state index in [2.05, 4.69) is 16.8 Å². The van der Waals surface area contributed by atoms with E-state index in [1.807, 2.05) is 17.6 Å². The number of rotatable bonds is 4. The van der Waals surface area contributed by atoms with Crippen LogP contribution >= 0.6 is 11.3 Å². The summed E-state index contributed by atoms with van der Waals surface area (Å²) in [5.41, 5.74) is 4.41. The average Bonchev–Trinajstić information content (AvgIpc) is 3.04. The highest BCUT2D eigenvalue weighted by Crippen LogP contribution is 2.39. The number of thiazole rings is 1. The number of nitrogens with zero attached hydrogens (tertiary/aromatic N) is 2. The molecule has 3 nitrogen and oxygen atoms in total. The number of hydrogen-bond donors (Lipinski definition) is 0. The fourth-order valence-electron chi connectivity index (χ4n) is 4.41. The van der Waals surface area contributed by atoms with Crippen molar-refractivity contribution in [3.05, 3.63) is 51.7 Å². The third-order valence-electron chi connectivity index (χ3n) is 6.01. The third-order valence-corrected chi connectivity index (χ3v) is 6.93. The summed E-state index contributed by atoms with van der Waals surface area (Å²) in [6.07, 6.45) is 5.52. The molecule has 1 aromatic heterocycles. The molecule has 0 saturated carbocycles. The van der Waals surface area contributed by atoms with Crippen LogP contribution in [0.4, 0.5) is 4.39 Å². The first-order valence-electron chi connectivity index (χ1n) is 9.62. The largest absolute Gasteiger partial charge is 0.375 e. The number of ether oxygens (including phenoxy) is 1. The van der Waals surface area contributed by atoms with Gasteiger partial charge in [0.15, 0.2) is 0 Å². The highest BCUT2D eigenvalue weighted by molar-refractivity contribution is 7.09. The molecule has 5 heteroatoms. The first-order valence-corrected chi connectivity index (χ1v) is 10.5. The number of hydrogen-bond acceptors (Lipinski definition) is 4. The van der Waals surface area contributed by atoms with Crippen LogP contribution < -0.4 is 0 Å². The number of aryl methyl sites for hydroxylation is 1. The van der Waals surface area contributed by atoms with Gasteiger partial charge in [-0.2, -0.15) is 0 Å². The molecule has 1 aromatic carbocycles. The number of likely N-dealkylation sites (tertiary alicyclic amines) is 1. The lowest BCUT2D eigenvalue weighted by atomic mass is 9.77. The maximum Gasteiger partial charge on any atom is 0.123 e. The fourth-order valence-corrected chi connectivity index (χ4v) is 5.22. The van der Waals surface area contributed by atoms with Crippen LogP contribution in [0.2, 0.25) is 0 Å². The summed E-state index contributed by atoms with van der Waals surface area (Å²) >= 11 is 1.76. The normalized spacial score (nSPS) is 23.4. The molecule has 0 N–H and O–H groups in total. The third kappa shape index (κ3) is 4.16.